The average molecular weight is 698 g/mol. The summed E-state index contributed by atoms with van der Waals surface area (Å²) in [7, 11) is 0. The van der Waals surface area contributed by atoms with Gasteiger partial charge in [-0.05, 0) is 0 Å². The first kappa shape index (κ1) is 235. The summed E-state index contributed by atoms with van der Waals surface area (Å²) >= 11 is 0. The van der Waals surface area contributed by atoms with Crippen LogP contribution in [0.25, 0.3) is 0 Å². The standard InChI is InChI=1S/7Fe.9H2S/h;;;;;;;9*1H2. The molecule has 0 unspecified atom stereocenters. The van der Waals surface area contributed by atoms with Crippen molar-refractivity contribution in [3.05, 3.63) is 0 Å². The van der Waals surface area contributed by atoms with E-state index in [0.29, 0.717) is 0 Å². The summed E-state index contributed by atoms with van der Waals surface area (Å²) < 4.78 is 0. The molecule has 0 fully saturated rings. The predicted molar refractivity (Wildman–Crippen MR) is 93.4 cm³/mol. The fourth-order valence-electron chi connectivity index (χ4n) is 0. The molecule has 0 nitrogen and oxygen atoms in total. The van der Waals surface area contributed by atoms with Gasteiger partial charge in [-0.15, -0.1) is 0 Å². The van der Waals surface area contributed by atoms with Crippen molar-refractivity contribution in [2.24, 2.45) is 0 Å². The van der Waals surface area contributed by atoms with Gasteiger partial charge < -0.3 is 0 Å². The molecular formula is H18Fe7S9. The Hall–Kier alpha value is 6.79. The van der Waals surface area contributed by atoms with Crippen molar-refractivity contribution in [2.45, 2.75) is 0 Å². The van der Waals surface area contributed by atoms with E-state index in [0.717, 1.165) is 0 Å². The van der Waals surface area contributed by atoms with E-state index in [1.54, 1.807) is 0 Å². The maximum absolute atomic E-state index is 0. The minimum Gasteiger partial charge on any atom is -0.197 e. The molecule has 0 aliphatic rings. The molecular weight excluding hydrogens is 680 g/mol. The Bertz CT molecular complexity index is 15.8. The van der Waals surface area contributed by atoms with Crippen LogP contribution in [-0.4, -0.2) is 0 Å². The van der Waals surface area contributed by atoms with Gasteiger partial charge in [0.2, 0.25) is 0 Å². The van der Waals surface area contributed by atoms with Crippen LogP contribution in [0.1, 0.15) is 0 Å². The van der Waals surface area contributed by atoms with Crippen molar-refractivity contribution in [1.82, 2.24) is 0 Å². The fourth-order valence-corrected chi connectivity index (χ4v) is 0. The number of rotatable bonds is 0. The van der Waals surface area contributed by atoms with E-state index in [-0.39, 0.29) is 241 Å². The second-order valence-electron chi connectivity index (χ2n) is 0. The Morgan fingerprint density at radius 3 is 0.125 bits per heavy atom. The van der Waals surface area contributed by atoms with E-state index >= 15 is 0 Å². The van der Waals surface area contributed by atoms with Crippen LogP contribution in [0.3, 0.4) is 0 Å². The van der Waals surface area contributed by atoms with Crippen LogP contribution in [0.15, 0.2) is 0 Å². The zero-order chi connectivity index (χ0) is 0. The van der Waals surface area contributed by atoms with Crippen molar-refractivity contribution < 1.29 is 119 Å². The van der Waals surface area contributed by atoms with Gasteiger partial charge in [0.1, 0.15) is 0 Å². The van der Waals surface area contributed by atoms with Gasteiger partial charge in [0, 0.05) is 119 Å². The molecule has 0 heterocycles. The number of hydrogen-bond donors (Lipinski definition) is 0. The fraction of sp³-hybridized carbons (Fsp3) is 0. The predicted octanol–water partition coefficient (Wildman–Crippen LogP) is 0.998. The van der Waals surface area contributed by atoms with E-state index < -0.39 is 0 Å². The first-order valence-corrected chi connectivity index (χ1v) is 0. The maximum atomic E-state index is 0. The second kappa shape index (κ2) is 204. The minimum absolute atomic E-state index is 0. The van der Waals surface area contributed by atoms with E-state index in [2.05, 4.69) is 0 Å². The Morgan fingerprint density at radius 2 is 0.125 bits per heavy atom. The third kappa shape index (κ3) is 177. The van der Waals surface area contributed by atoms with Crippen LogP contribution in [0, 0.1) is 0 Å². The van der Waals surface area contributed by atoms with Crippen LogP contribution in [0.2, 0.25) is 0 Å². The van der Waals surface area contributed by atoms with Gasteiger partial charge in [-0.25, -0.2) is 0 Å². The van der Waals surface area contributed by atoms with Crippen molar-refractivity contribution in [3.8, 4) is 0 Å². The van der Waals surface area contributed by atoms with E-state index in [4.69, 9.17) is 0 Å². The molecule has 16 heavy (non-hydrogen) atoms. The molecule has 0 aromatic heterocycles. The third-order valence-electron chi connectivity index (χ3n) is 0. The van der Waals surface area contributed by atoms with Gasteiger partial charge in [0.15, 0.2) is 0 Å². The Morgan fingerprint density at radius 1 is 0.125 bits per heavy atom. The summed E-state index contributed by atoms with van der Waals surface area (Å²) in [5.41, 5.74) is 0. The van der Waals surface area contributed by atoms with Gasteiger partial charge in [-0.2, -0.15) is 121 Å². The number of hydrogen-bond acceptors (Lipinski definition) is 0. The van der Waals surface area contributed by atoms with Gasteiger partial charge >= 0.3 is 0 Å². The zero-order valence-corrected chi connectivity index (χ0v) is 23.7. The Balaban J connectivity index is 0. The quantitative estimate of drug-likeness (QED) is 0.332. The summed E-state index contributed by atoms with van der Waals surface area (Å²) in [5, 5.41) is 0. The molecule has 0 atom stereocenters. The van der Waals surface area contributed by atoms with Crippen LogP contribution in [-0.2, 0) is 119 Å². The molecule has 0 saturated carbocycles. The van der Waals surface area contributed by atoms with E-state index in [1.165, 1.54) is 0 Å². The molecule has 0 rings (SSSR count). The normalized spacial score (nSPS) is 0. The largest absolute Gasteiger partial charge is 0.197 e. The molecule has 0 amide bonds. The van der Waals surface area contributed by atoms with Gasteiger partial charge in [0.25, 0.3) is 0 Å². The van der Waals surface area contributed by atoms with Gasteiger partial charge in [-0.1, -0.05) is 0 Å². The third-order valence-corrected chi connectivity index (χ3v) is 0. The first-order chi connectivity index (χ1) is 0. The molecule has 16 heteroatoms. The Labute approximate surface area is 236 Å². The van der Waals surface area contributed by atoms with Crippen LogP contribution in [0.4, 0.5) is 0 Å². The summed E-state index contributed by atoms with van der Waals surface area (Å²) in [6.45, 7) is 0. The summed E-state index contributed by atoms with van der Waals surface area (Å²) in [6.07, 6.45) is 0. The molecule has 0 saturated heterocycles. The average Bonchev–Trinajstić information content (AvgIpc) is 0. The van der Waals surface area contributed by atoms with Crippen molar-refractivity contribution in [1.29, 1.82) is 0 Å². The second-order valence-corrected chi connectivity index (χ2v) is 0. The molecule has 128 valence electrons. The van der Waals surface area contributed by atoms with Crippen LogP contribution >= 0.6 is 121 Å². The molecule has 0 bridgehead atoms. The van der Waals surface area contributed by atoms with Gasteiger partial charge in [-0.3, -0.25) is 0 Å². The van der Waals surface area contributed by atoms with E-state index in [9.17, 15) is 0 Å². The van der Waals surface area contributed by atoms with Crippen LogP contribution in [0.5, 0.6) is 0 Å². The molecule has 0 aliphatic heterocycles. The molecule has 0 N–H and O–H groups in total. The Kier molecular flexibility index (Phi) is 3000. The van der Waals surface area contributed by atoms with Crippen LogP contribution < -0.4 is 0 Å². The molecule has 0 aromatic carbocycles. The monoisotopic (exact) mass is 697 g/mol. The summed E-state index contributed by atoms with van der Waals surface area (Å²) in [4.78, 5) is 0. The minimum atomic E-state index is 0. The molecule has 0 aliphatic carbocycles. The topological polar surface area (TPSA) is 0 Å². The molecule has 0 spiro atoms. The van der Waals surface area contributed by atoms with Gasteiger partial charge in [0.05, 0.1) is 0 Å². The molecule has 0 radical (unpaired) electrons. The summed E-state index contributed by atoms with van der Waals surface area (Å²) in [5.74, 6) is 0. The SMILES string of the molecule is S.S.S.S.S.S.S.S.S.[Fe].[Fe].[Fe].[Fe].[Fe].[Fe].[Fe]. The van der Waals surface area contributed by atoms with Crippen molar-refractivity contribution >= 4 is 121 Å². The maximum Gasteiger partial charge on any atom is 0 e. The van der Waals surface area contributed by atoms with E-state index in [1.807, 2.05) is 0 Å². The smallest absolute Gasteiger partial charge is 0 e. The van der Waals surface area contributed by atoms with Crippen molar-refractivity contribution in [2.75, 3.05) is 0 Å². The summed E-state index contributed by atoms with van der Waals surface area (Å²) in [6, 6.07) is 0. The van der Waals surface area contributed by atoms with Crippen molar-refractivity contribution in [3.63, 3.8) is 0 Å². The zero-order valence-electron chi connectivity index (χ0n) is 6.97. The molecule has 0 aromatic rings. The first-order valence-electron chi connectivity index (χ1n) is 0.